The highest BCUT2D eigenvalue weighted by Gasteiger charge is 2.41. The summed E-state index contributed by atoms with van der Waals surface area (Å²) < 4.78 is 0.580. The van der Waals surface area contributed by atoms with Gasteiger partial charge in [-0.05, 0) is 29.9 Å². The highest BCUT2D eigenvalue weighted by Crippen LogP contribution is 2.47. The van der Waals surface area contributed by atoms with E-state index in [0.29, 0.717) is 50.9 Å². The number of anilines is 2. The van der Waals surface area contributed by atoms with Crippen molar-refractivity contribution in [1.29, 1.82) is 5.26 Å². The first-order chi connectivity index (χ1) is 18.4. The second-order valence-electron chi connectivity index (χ2n) is 9.16. The van der Waals surface area contributed by atoms with E-state index < -0.39 is 5.92 Å². The SMILES string of the molecule is CC(C)c1ccc(C2C(C#N)=C(N)N(c3nnc(SCC(=O)Nc4nccs4)s3)C3=C2C(=O)CCC3)cc1. The summed E-state index contributed by atoms with van der Waals surface area (Å²) in [5.74, 6) is 0.0808. The summed E-state index contributed by atoms with van der Waals surface area (Å²) in [7, 11) is 0. The Hall–Kier alpha value is -3.53. The minimum Gasteiger partial charge on any atom is -0.384 e. The molecule has 1 unspecified atom stereocenters. The monoisotopic (exact) mass is 563 g/mol. The largest absolute Gasteiger partial charge is 0.384 e. The van der Waals surface area contributed by atoms with Crippen LogP contribution in [0.1, 0.15) is 56.1 Å². The van der Waals surface area contributed by atoms with Gasteiger partial charge in [-0.3, -0.25) is 14.5 Å². The van der Waals surface area contributed by atoms with Crippen LogP contribution < -0.4 is 16.0 Å². The number of hydrogen-bond acceptors (Lipinski definition) is 11. The Kier molecular flexibility index (Phi) is 7.60. The number of hydrogen-bond donors (Lipinski definition) is 2. The third-order valence-corrected chi connectivity index (χ3v) is 9.17. The van der Waals surface area contributed by atoms with Crippen LogP contribution in [0.2, 0.25) is 0 Å². The molecule has 1 aliphatic carbocycles. The Balaban J connectivity index is 1.45. The average molecular weight is 564 g/mol. The first-order valence-electron chi connectivity index (χ1n) is 12.1. The lowest BCUT2D eigenvalue weighted by molar-refractivity contribution is -0.116. The molecule has 2 aliphatic rings. The number of allylic oxidation sites excluding steroid dienone is 3. The van der Waals surface area contributed by atoms with Crippen molar-refractivity contribution in [3.63, 3.8) is 0 Å². The maximum absolute atomic E-state index is 13.3. The first kappa shape index (κ1) is 26.1. The molecule has 0 spiro atoms. The van der Waals surface area contributed by atoms with E-state index in [1.807, 2.05) is 24.3 Å². The molecular weight excluding hydrogens is 539 g/mol. The van der Waals surface area contributed by atoms with E-state index in [2.05, 4.69) is 40.4 Å². The van der Waals surface area contributed by atoms with Crippen molar-refractivity contribution in [3.05, 3.63) is 69.6 Å². The molecule has 0 saturated carbocycles. The Morgan fingerprint density at radius 1 is 1.29 bits per heavy atom. The van der Waals surface area contributed by atoms with E-state index in [0.717, 1.165) is 11.3 Å². The molecule has 0 bridgehead atoms. The highest BCUT2D eigenvalue weighted by atomic mass is 32.2. The second kappa shape index (κ2) is 11.1. The minimum absolute atomic E-state index is 0.0207. The van der Waals surface area contributed by atoms with Crippen molar-refractivity contribution in [3.8, 4) is 6.07 Å². The normalized spacial score (nSPS) is 17.6. The summed E-state index contributed by atoms with van der Waals surface area (Å²) in [6, 6.07) is 10.4. The minimum atomic E-state index is -0.517. The zero-order valence-corrected chi connectivity index (χ0v) is 23.3. The van der Waals surface area contributed by atoms with Gasteiger partial charge in [0.05, 0.1) is 23.3 Å². The Morgan fingerprint density at radius 2 is 2.08 bits per heavy atom. The first-order valence-corrected chi connectivity index (χ1v) is 14.8. The molecule has 1 aliphatic heterocycles. The van der Waals surface area contributed by atoms with Crippen LogP contribution in [0.15, 0.2) is 62.8 Å². The van der Waals surface area contributed by atoms with Crippen LogP contribution in [0.25, 0.3) is 0 Å². The van der Waals surface area contributed by atoms with Crippen LogP contribution in [0, 0.1) is 11.3 Å². The summed E-state index contributed by atoms with van der Waals surface area (Å²) in [5, 5.41) is 24.3. The van der Waals surface area contributed by atoms with Gasteiger partial charge in [-0.25, -0.2) is 4.98 Å². The summed E-state index contributed by atoms with van der Waals surface area (Å²) in [6.07, 6.45) is 3.39. The van der Waals surface area contributed by atoms with Crippen molar-refractivity contribution in [1.82, 2.24) is 15.2 Å². The molecule has 5 rings (SSSR count). The number of nitrogens with two attached hydrogens (primary N) is 1. The fourth-order valence-electron chi connectivity index (χ4n) is 4.63. The van der Waals surface area contributed by atoms with Gasteiger partial charge in [-0.2, -0.15) is 5.26 Å². The zero-order chi connectivity index (χ0) is 26.8. The maximum Gasteiger partial charge on any atom is 0.236 e. The van der Waals surface area contributed by atoms with Gasteiger partial charge in [-0.1, -0.05) is 61.2 Å². The van der Waals surface area contributed by atoms with Gasteiger partial charge >= 0.3 is 0 Å². The number of thiazole rings is 1. The molecule has 3 aromatic rings. The summed E-state index contributed by atoms with van der Waals surface area (Å²) in [5.41, 5.74) is 10.4. The smallest absolute Gasteiger partial charge is 0.236 e. The summed E-state index contributed by atoms with van der Waals surface area (Å²) >= 11 is 3.87. The second-order valence-corrected chi connectivity index (χ2v) is 12.2. The molecule has 0 fully saturated rings. The number of nitrogens with one attached hydrogen (secondary N) is 1. The Morgan fingerprint density at radius 3 is 2.76 bits per heavy atom. The van der Waals surface area contributed by atoms with Gasteiger partial charge in [-0.15, -0.1) is 21.5 Å². The van der Waals surface area contributed by atoms with Crippen LogP contribution >= 0.6 is 34.4 Å². The van der Waals surface area contributed by atoms with Gasteiger partial charge in [0, 0.05) is 29.3 Å². The summed E-state index contributed by atoms with van der Waals surface area (Å²) in [6.45, 7) is 4.25. The van der Waals surface area contributed by atoms with Crippen molar-refractivity contribution in [2.24, 2.45) is 5.73 Å². The number of ketones is 1. The van der Waals surface area contributed by atoms with Crippen LogP contribution in [-0.4, -0.2) is 32.6 Å². The van der Waals surface area contributed by atoms with E-state index in [-0.39, 0.29) is 23.3 Å². The number of carbonyl (C=O) groups is 2. The molecule has 38 heavy (non-hydrogen) atoms. The molecule has 3 N–H and O–H groups in total. The zero-order valence-electron chi connectivity index (χ0n) is 20.8. The van der Waals surface area contributed by atoms with Crippen molar-refractivity contribution >= 4 is 56.4 Å². The summed E-state index contributed by atoms with van der Waals surface area (Å²) in [4.78, 5) is 31.3. The predicted octanol–water partition coefficient (Wildman–Crippen LogP) is 5.15. The molecule has 1 amide bonds. The van der Waals surface area contributed by atoms with Crippen molar-refractivity contribution in [2.45, 2.75) is 49.3 Å². The third kappa shape index (κ3) is 5.09. The lowest BCUT2D eigenvalue weighted by atomic mass is 9.75. The molecule has 1 aromatic carbocycles. The number of thioether (sulfide) groups is 1. The average Bonchev–Trinajstić information content (AvgIpc) is 3.59. The molecule has 12 heteroatoms. The Labute approximate surface area is 232 Å². The fourth-order valence-corrected chi connectivity index (χ4v) is 6.86. The Bertz CT molecular complexity index is 1470. The number of aromatic nitrogens is 3. The van der Waals surface area contributed by atoms with Crippen LogP contribution in [0.5, 0.6) is 0 Å². The maximum atomic E-state index is 13.3. The molecule has 9 nitrogen and oxygen atoms in total. The molecule has 3 heterocycles. The highest BCUT2D eigenvalue weighted by molar-refractivity contribution is 8.01. The molecule has 1 atom stereocenters. The number of amides is 1. The van der Waals surface area contributed by atoms with E-state index >= 15 is 0 Å². The van der Waals surface area contributed by atoms with E-state index in [4.69, 9.17) is 5.73 Å². The van der Waals surface area contributed by atoms with E-state index in [1.165, 1.54) is 40.0 Å². The number of carbonyl (C=O) groups excluding carboxylic acids is 2. The molecular formula is C26H25N7O2S3. The molecule has 0 radical (unpaired) electrons. The van der Waals surface area contributed by atoms with Gasteiger partial charge in [0.15, 0.2) is 15.3 Å². The quantitative estimate of drug-likeness (QED) is 0.374. The predicted molar refractivity (Wildman–Crippen MR) is 150 cm³/mol. The number of nitrogens with zero attached hydrogens (tertiary/aromatic N) is 5. The van der Waals surface area contributed by atoms with E-state index in [1.54, 1.807) is 16.5 Å². The lowest BCUT2D eigenvalue weighted by Crippen LogP contribution is -2.38. The van der Waals surface area contributed by atoms with Gasteiger partial charge in [0.1, 0.15) is 5.82 Å². The van der Waals surface area contributed by atoms with Gasteiger partial charge < -0.3 is 11.1 Å². The van der Waals surface area contributed by atoms with Crippen molar-refractivity contribution < 1.29 is 9.59 Å². The van der Waals surface area contributed by atoms with E-state index in [9.17, 15) is 14.9 Å². The van der Waals surface area contributed by atoms with Crippen molar-refractivity contribution in [2.75, 3.05) is 16.0 Å². The molecule has 0 saturated heterocycles. The number of nitriles is 1. The molecule has 194 valence electrons. The number of Topliss-reactive ketones (excluding diaryl/α,β-unsaturated/α-hetero) is 1. The van der Waals surface area contributed by atoms with Gasteiger partial charge in [0.25, 0.3) is 0 Å². The van der Waals surface area contributed by atoms with Gasteiger partial charge in [0.2, 0.25) is 11.0 Å². The van der Waals surface area contributed by atoms with Crippen LogP contribution in [-0.2, 0) is 9.59 Å². The van der Waals surface area contributed by atoms with Crippen LogP contribution in [0.4, 0.5) is 10.3 Å². The lowest BCUT2D eigenvalue weighted by Gasteiger charge is -2.38. The third-order valence-electron chi connectivity index (χ3n) is 6.44. The number of benzene rings is 1. The topological polar surface area (TPSA) is 138 Å². The number of rotatable bonds is 7. The standard InChI is InChI=1S/C26H25N7O2S3/c1-14(2)15-6-8-16(9-7-15)21-17(12-27)23(28)33(18-4-3-5-19(34)22(18)21)25-31-32-26(38-25)37-13-20(35)30-24-29-10-11-36-24/h6-11,14,21H,3-5,13,28H2,1-2H3,(H,29,30,35). The fraction of sp³-hybridized carbons (Fsp3) is 0.308. The molecule has 2 aromatic heterocycles. The van der Waals surface area contributed by atoms with Crippen LogP contribution in [0.3, 0.4) is 0 Å².